The summed E-state index contributed by atoms with van der Waals surface area (Å²) in [5.74, 6) is 0.892. The summed E-state index contributed by atoms with van der Waals surface area (Å²) in [7, 11) is 0. The number of hydrogen-bond donors (Lipinski definition) is 1. The molecule has 118 valence electrons. The van der Waals surface area contributed by atoms with Crippen molar-refractivity contribution in [3.05, 3.63) is 39.8 Å². The fraction of sp³-hybridized carbons (Fsp3) is 0.471. The van der Waals surface area contributed by atoms with Gasteiger partial charge in [0.15, 0.2) is 0 Å². The maximum atomic E-state index is 5.99. The molecule has 0 aliphatic carbocycles. The average Bonchev–Trinajstić information content (AvgIpc) is 3.15. The zero-order valence-corrected chi connectivity index (χ0v) is 13.9. The fourth-order valence-electron chi connectivity index (χ4n) is 2.51. The van der Waals surface area contributed by atoms with Gasteiger partial charge in [0, 0.05) is 17.7 Å². The van der Waals surface area contributed by atoms with E-state index in [4.69, 9.17) is 9.47 Å². The van der Waals surface area contributed by atoms with Crippen molar-refractivity contribution in [1.82, 2.24) is 4.98 Å². The normalized spacial score (nSPS) is 17.6. The smallest absolute Gasteiger partial charge is 0.142 e. The van der Waals surface area contributed by atoms with Gasteiger partial charge in [0.2, 0.25) is 0 Å². The highest BCUT2D eigenvalue weighted by molar-refractivity contribution is 7.09. The number of aryl methyl sites for hydroxylation is 2. The van der Waals surface area contributed by atoms with E-state index < -0.39 is 0 Å². The minimum atomic E-state index is 0.231. The molecule has 0 unspecified atom stereocenters. The second kappa shape index (κ2) is 7.11. The van der Waals surface area contributed by atoms with Crippen LogP contribution in [0.2, 0.25) is 0 Å². The first-order chi connectivity index (χ1) is 10.7. The minimum absolute atomic E-state index is 0.231. The summed E-state index contributed by atoms with van der Waals surface area (Å²) in [5, 5.41) is 6.58. The molecule has 0 bridgehead atoms. The third-order valence-corrected chi connectivity index (χ3v) is 4.65. The Labute approximate surface area is 135 Å². The summed E-state index contributed by atoms with van der Waals surface area (Å²) in [6.07, 6.45) is 2.46. The second-order valence-electron chi connectivity index (χ2n) is 5.68. The average molecular weight is 318 g/mol. The van der Waals surface area contributed by atoms with E-state index in [0.717, 1.165) is 48.1 Å². The Bertz CT molecular complexity index is 621. The predicted molar refractivity (Wildman–Crippen MR) is 89.8 cm³/mol. The van der Waals surface area contributed by atoms with E-state index in [1.54, 1.807) is 11.3 Å². The predicted octanol–water partition coefficient (Wildman–Crippen LogP) is 3.93. The van der Waals surface area contributed by atoms with Crippen LogP contribution >= 0.6 is 11.3 Å². The molecule has 3 rings (SSSR count). The van der Waals surface area contributed by atoms with Crippen LogP contribution in [0.4, 0.5) is 5.69 Å². The topological polar surface area (TPSA) is 43.4 Å². The number of thiazole rings is 1. The molecule has 1 atom stereocenters. The quantitative estimate of drug-likeness (QED) is 0.876. The van der Waals surface area contributed by atoms with Gasteiger partial charge in [-0.05, 0) is 44.4 Å². The van der Waals surface area contributed by atoms with Crippen LogP contribution < -0.4 is 10.1 Å². The largest absolute Gasteiger partial charge is 0.489 e. The molecule has 22 heavy (non-hydrogen) atoms. The van der Waals surface area contributed by atoms with Crippen molar-refractivity contribution in [2.24, 2.45) is 0 Å². The highest BCUT2D eigenvalue weighted by atomic mass is 32.1. The molecule has 1 aromatic heterocycles. The van der Waals surface area contributed by atoms with Crippen molar-refractivity contribution in [3.63, 3.8) is 0 Å². The zero-order chi connectivity index (χ0) is 15.4. The van der Waals surface area contributed by atoms with E-state index in [0.29, 0.717) is 6.61 Å². The van der Waals surface area contributed by atoms with Crippen LogP contribution in [-0.2, 0) is 11.3 Å². The van der Waals surface area contributed by atoms with Gasteiger partial charge in [-0.15, -0.1) is 11.3 Å². The maximum Gasteiger partial charge on any atom is 0.142 e. The van der Waals surface area contributed by atoms with Gasteiger partial charge in [-0.3, -0.25) is 0 Å². The molecule has 1 aliphatic rings. The Morgan fingerprint density at radius 2 is 2.32 bits per heavy atom. The van der Waals surface area contributed by atoms with Gasteiger partial charge in [0.25, 0.3) is 0 Å². The van der Waals surface area contributed by atoms with E-state index in [1.807, 2.05) is 6.92 Å². The Morgan fingerprint density at radius 3 is 3.05 bits per heavy atom. The van der Waals surface area contributed by atoms with E-state index >= 15 is 0 Å². The molecule has 0 spiro atoms. The van der Waals surface area contributed by atoms with Crippen LogP contribution in [0.3, 0.4) is 0 Å². The number of rotatable bonds is 6. The molecule has 0 radical (unpaired) electrons. The molecule has 1 aromatic carbocycles. The highest BCUT2D eigenvalue weighted by Crippen LogP contribution is 2.27. The fourth-order valence-corrected chi connectivity index (χ4v) is 3.22. The Kier molecular flexibility index (Phi) is 4.95. The number of nitrogens with zero attached hydrogens (tertiary/aromatic N) is 1. The van der Waals surface area contributed by atoms with E-state index in [-0.39, 0.29) is 6.10 Å². The van der Waals surface area contributed by atoms with Crippen LogP contribution in [-0.4, -0.2) is 24.3 Å². The van der Waals surface area contributed by atoms with E-state index in [9.17, 15) is 0 Å². The number of benzene rings is 1. The summed E-state index contributed by atoms with van der Waals surface area (Å²) >= 11 is 1.68. The molecule has 2 heterocycles. The van der Waals surface area contributed by atoms with Crippen molar-refractivity contribution in [1.29, 1.82) is 0 Å². The standard InChI is InChI=1S/C17H22N2O2S/c1-12-5-6-15(18-9-17-19-13(2)11-22-17)16(8-12)21-10-14-4-3-7-20-14/h5-6,8,11,14,18H,3-4,7,9-10H2,1-2H3/t14-/m1/s1. The van der Waals surface area contributed by atoms with Gasteiger partial charge in [-0.2, -0.15) is 0 Å². The summed E-state index contributed by atoms with van der Waals surface area (Å²) in [5.41, 5.74) is 3.27. The molecule has 1 saturated heterocycles. The maximum absolute atomic E-state index is 5.99. The number of anilines is 1. The second-order valence-corrected chi connectivity index (χ2v) is 6.62. The highest BCUT2D eigenvalue weighted by Gasteiger charge is 2.17. The lowest BCUT2D eigenvalue weighted by Crippen LogP contribution is -2.17. The molecule has 5 heteroatoms. The van der Waals surface area contributed by atoms with Crippen molar-refractivity contribution in [3.8, 4) is 5.75 Å². The number of hydrogen-bond acceptors (Lipinski definition) is 5. The van der Waals surface area contributed by atoms with E-state index in [1.165, 1.54) is 5.56 Å². The van der Waals surface area contributed by atoms with Crippen molar-refractivity contribution in [2.45, 2.75) is 39.3 Å². The first-order valence-electron chi connectivity index (χ1n) is 7.70. The van der Waals surface area contributed by atoms with Gasteiger partial charge in [0.05, 0.1) is 18.3 Å². The molecule has 4 nitrogen and oxygen atoms in total. The monoisotopic (exact) mass is 318 g/mol. The summed E-state index contributed by atoms with van der Waals surface area (Å²) in [4.78, 5) is 4.48. The van der Waals surface area contributed by atoms with Crippen LogP contribution in [0.15, 0.2) is 23.6 Å². The first-order valence-corrected chi connectivity index (χ1v) is 8.58. The summed E-state index contributed by atoms with van der Waals surface area (Å²) in [6, 6.07) is 6.24. The molecular weight excluding hydrogens is 296 g/mol. The number of aromatic nitrogens is 1. The molecule has 1 aliphatic heterocycles. The van der Waals surface area contributed by atoms with Gasteiger partial charge in [-0.1, -0.05) is 6.07 Å². The van der Waals surface area contributed by atoms with Gasteiger partial charge in [0.1, 0.15) is 17.4 Å². The third-order valence-electron chi connectivity index (χ3n) is 3.68. The van der Waals surface area contributed by atoms with Crippen molar-refractivity contribution < 1.29 is 9.47 Å². The number of nitrogens with one attached hydrogen (secondary N) is 1. The number of ether oxygens (including phenoxy) is 2. The minimum Gasteiger partial charge on any atom is -0.489 e. The van der Waals surface area contributed by atoms with Crippen LogP contribution in [0.25, 0.3) is 0 Å². The lowest BCUT2D eigenvalue weighted by atomic mass is 10.2. The molecule has 1 fully saturated rings. The SMILES string of the molecule is Cc1ccc(NCc2nc(C)cs2)c(OC[C@H]2CCCO2)c1. The Hall–Kier alpha value is -1.59. The summed E-state index contributed by atoms with van der Waals surface area (Å²) < 4.78 is 11.6. The van der Waals surface area contributed by atoms with Crippen LogP contribution in [0.5, 0.6) is 5.75 Å². The lowest BCUT2D eigenvalue weighted by Gasteiger charge is -2.16. The van der Waals surface area contributed by atoms with Crippen molar-refractivity contribution >= 4 is 17.0 Å². The van der Waals surface area contributed by atoms with Gasteiger partial charge in [-0.25, -0.2) is 4.98 Å². The molecule has 0 amide bonds. The first kappa shape index (κ1) is 15.3. The van der Waals surface area contributed by atoms with Crippen molar-refractivity contribution in [2.75, 3.05) is 18.5 Å². The molecular formula is C17H22N2O2S. The van der Waals surface area contributed by atoms with E-state index in [2.05, 4.69) is 40.8 Å². The lowest BCUT2D eigenvalue weighted by molar-refractivity contribution is 0.0682. The summed E-state index contributed by atoms with van der Waals surface area (Å²) in [6.45, 7) is 6.29. The van der Waals surface area contributed by atoms with Crippen LogP contribution in [0.1, 0.15) is 29.1 Å². The molecule has 1 N–H and O–H groups in total. The van der Waals surface area contributed by atoms with Gasteiger partial charge >= 0.3 is 0 Å². The molecule has 0 saturated carbocycles. The Morgan fingerprint density at radius 1 is 1.41 bits per heavy atom. The van der Waals surface area contributed by atoms with Crippen LogP contribution in [0, 0.1) is 13.8 Å². The third kappa shape index (κ3) is 3.99. The van der Waals surface area contributed by atoms with Gasteiger partial charge < -0.3 is 14.8 Å². The molecule has 2 aromatic rings. The Balaban J connectivity index is 1.64. The zero-order valence-electron chi connectivity index (χ0n) is 13.1.